The summed E-state index contributed by atoms with van der Waals surface area (Å²) in [6.45, 7) is 6.65. The molecule has 0 N–H and O–H groups in total. The smallest absolute Gasteiger partial charge is 0.226 e. The summed E-state index contributed by atoms with van der Waals surface area (Å²) in [6.07, 6.45) is 15.4. The summed E-state index contributed by atoms with van der Waals surface area (Å²) in [4.78, 5) is 8.99. The minimum atomic E-state index is 0.120. The van der Waals surface area contributed by atoms with Crippen LogP contribution in [0.1, 0.15) is 45.6 Å². The number of benzene rings is 2. The zero-order valence-corrected chi connectivity index (χ0v) is 18.6. The lowest BCUT2D eigenvalue weighted by molar-refractivity contribution is 0.497. The Labute approximate surface area is 184 Å². The fourth-order valence-electron chi connectivity index (χ4n) is 3.77. The van der Waals surface area contributed by atoms with Crippen LogP contribution in [0, 0.1) is 5.92 Å². The first-order chi connectivity index (χ1) is 15.0. The van der Waals surface area contributed by atoms with E-state index >= 15 is 0 Å². The average molecular weight is 411 g/mol. The molecule has 0 spiro atoms. The minimum Gasteiger partial charge on any atom is -0.438 e. The maximum atomic E-state index is 6.25. The van der Waals surface area contributed by atoms with E-state index in [1.165, 1.54) is 16.4 Å². The van der Waals surface area contributed by atoms with Gasteiger partial charge >= 0.3 is 0 Å². The summed E-state index contributed by atoms with van der Waals surface area (Å²) in [7, 11) is 0. The highest BCUT2D eigenvalue weighted by Gasteiger charge is 2.14. The Bertz CT molecular complexity index is 1160. The molecule has 2 heterocycles. The molecule has 0 radical (unpaired) electrons. The van der Waals surface area contributed by atoms with Crippen molar-refractivity contribution in [3.63, 3.8) is 0 Å². The third kappa shape index (κ3) is 5.49. The zero-order chi connectivity index (χ0) is 21.7. The SMILES string of the molecule is CC(C)(C)c1ccc(OC2=c3ccccc3=CC(CCC3=CCC=NC=C3)C=N2)cc1. The van der Waals surface area contributed by atoms with Crippen molar-refractivity contribution in [3.8, 4) is 5.75 Å². The second kappa shape index (κ2) is 9.30. The summed E-state index contributed by atoms with van der Waals surface area (Å²) in [5, 5.41) is 2.20. The van der Waals surface area contributed by atoms with Crippen LogP contribution >= 0.6 is 0 Å². The molecule has 0 saturated heterocycles. The quantitative estimate of drug-likeness (QED) is 0.658. The Morgan fingerprint density at radius 2 is 1.84 bits per heavy atom. The van der Waals surface area contributed by atoms with Crippen LogP contribution in [0.15, 0.2) is 82.4 Å². The summed E-state index contributed by atoms with van der Waals surface area (Å²) in [6, 6.07) is 16.7. The van der Waals surface area contributed by atoms with Crippen LogP contribution in [0.5, 0.6) is 5.75 Å². The highest BCUT2D eigenvalue weighted by molar-refractivity contribution is 5.75. The highest BCUT2D eigenvalue weighted by atomic mass is 16.5. The molecule has 4 rings (SSSR count). The maximum absolute atomic E-state index is 6.25. The van der Waals surface area contributed by atoms with E-state index < -0.39 is 0 Å². The van der Waals surface area contributed by atoms with Gasteiger partial charge in [0.25, 0.3) is 0 Å². The highest BCUT2D eigenvalue weighted by Crippen LogP contribution is 2.25. The molecule has 0 aromatic heterocycles. The first-order valence-corrected chi connectivity index (χ1v) is 11.0. The molecular weight excluding hydrogens is 380 g/mol. The molecule has 3 nitrogen and oxygen atoms in total. The van der Waals surface area contributed by atoms with E-state index in [4.69, 9.17) is 9.73 Å². The van der Waals surface area contributed by atoms with Crippen LogP contribution in [-0.4, -0.2) is 12.4 Å². The van der Waals surface area contributed by atoms with E-state index in [0.29, 0.717) is 5.88 Å². The summed E-state index contributed by atoms with van der Waals surface area (Å²) in [5.74, 6) is 1.71. The molecular formula is C28H30N2O. The Morgan fingerprint density at radius 1 is 1.03 bits per heavy atom. The molecule has 2 aromatic carbocycles. The summed E-state index contributed by atoms with van der Waals surface area (Å²) in [5.41, 5.74) is 2.74. The van der Waals surface area contributed by atoms with E-state index in [-0.39, 0.29) is 11.3 Å². The second-order valence-electron chi connectivity index (χ2n) is 9.08. The van der Waals surface area contributed by atoms with Gasteiger partial charge < -0.3 is 4.74 Å². The van der Waals surface area contributed by atoms with E-state index in [2.05, 4.69) is 74.3 Å². The van der Waals surface area contributed by atoms with Crippen molar-refractivity contribution >= 4 is 24.4 Å². The van der Waals surface area contributed by atoms with E-state index in [9.17, 15) is 0 Å². The third-order valence-corrected chi connectivity index (χ3v) is 5.63. The first kappa shape index (κ1) is 21.0. The van der Waals surface area contributed by atoms with Crippen LogP contribution in [0.3, 0.4) is 0 Å². The Morgan fingerprint density at radius 3 is 2.65 bits per heavy atom. The number of fused-ring (bicyclic) bond motifs is 1. The largest absolute Gasteiger partial charge is 0.438 e. The fraction of sp³-hybridized carbons (Fsp3) is 0.286. The van der Waals surface area contributed by atoms with Crippen molar-refractivity contribution < 1.29 is 4.74 Å². The van der Waals surface area contributed by atoms with E-state index in [0.717, 1.165) is 30.2 Å². The van der Waals surface area contributed by atoms with Crippen LogP contribution in [0.2, 0.25) is 0 Å². The standard InChI is InChI=1S/C28H30N2O/c1-28(2,3)24-12-14-25(15-13-24)31-27-26-9-5-4-8-23(26)19-22(20-30-27)11-10-21-7-6-17-29-18-16-21/h4-5,7-9,12-20,22H,6,10-11H2,1-3H3. The molecule has 1 atom stereocenters. The van der Waals surface area contributed by atoms with E-state index in [1.807, 2.05) is 36.8 Å². The number of allylic oxidation sites excluding steroid dienone is 3. The lowest BCUT2D eigenvalue weighted by Gasteiger charge is -2.19. The summed E-state index contributed by atoms with van der Waals surface area (Å²) >= 11 is 0. The number of hydrogen-bond donors (Lipinski definition) is 0. The molecule has 0 bridgehead atoms. The Kier molecular flexibility index (Phi) is 6.31. The maximum Gasteiger partial charge on any atom is 0.226 e. The van der Waals surface area contributed by atoms with Gasteiger partial charge in [0.2, 0.25) is 5.88 Å². The molecule has 0 fully saturated rings. The van der Waals surface area contributed by atoms with Crippen LogP contribution < -0.4 is 15.2 Å². The third-order valence-electron chi connectivity index (χ3n) is 5.63. The predicted molar refractivity (Wildman–Crippen MR) is 131 cm³/mol. The van der Waals surface area contributed by atoms with Crippen molar-refractivity contribution in [2.45, 2.75) is 45.4 Å². The minimum absolute atomic E-state index is 0.120. The molecule has 158 valence electrons. The lowest BCUT2D eigenvalue weighted by atomic mass is 9.87. The molecule has 0 aliphatic carbocycles. The molecule has 31 heavy (non-hydrogen) atoms. The van der Waals surface area contributed by atoms with E-state index in [1.54, 1.807) is 0 Å². The molecule has 0 amide bonds. The zero-order valence-electron chi connectivity index (χ0n) is 18.6. The van der Waals surface area contributed by atoms with Crippen molar-refractivity contribution in [2.75, 3.05) is 0 Å². The molecule has 1 unspecified atom stereocenters. The monoisotopic (exact) mass is 410 g/mol. The van der Waals surface area contributed by atoms with Crippen LogP contribution in [-0.2, 0) is 5.41 Å². The van der Waals surface area contributed by atoms with Crippen molar-refractivity contribution in [3.05, 3.63) is 88.5 Å². The van der Waals surface area contributed by atoms with Gasteiger partial charge in [0.1, 0.15) is 5.75 Å². The lowest BCUT2D eigenvalue weighted by Crippen LogP contribution is -2.27. The van der Waals surface area contributed by atoms with Gasteiger partial charge in [0.05, 0.1) is 0 Å². The Hall–Kier alpha value is -3.20. The topological polar surface area (TPSA) is 34.0 Å². The number of nitrogens with zero attached hydrogens (tertiary/aromatic N) is 2. The van der Waals surface area contributed by atoms with Gasteiger partial charge in [-0.15, -0.1) is 0 Å². The average Bonchev–Trinajstić information content (AvgIpc) is 3.12. The van der Waals surface area contributed by atoms with Crippen molar-refractivity contribution in [2.24, 2.45) is 15.9 Å². The molecule has 2 aromatic rings. The number of rotatable bonds is 5. The number of aliphatic imine (C=N–C) groups is 2. The van der Waals surface area contributed by atoms with Gasteiger partial charge in [0.15, 0.2) is 0 Å². The van der Waals surface area contributed by atoms with Gasteiger partial charge in [0, 0.05) is 36.2 Å². The van der Waals surface area contributed by atoms with Crippen molar-refractivity contribution in [1.82, 2.24) is 0 Å². The normalized spacial score (nSPS) is 18.0. The van der Waals surface area contributed by atoms with Gasteiger partial charge in [-0.1, -0.05) is 68.8 Å². The van der Waals surface area contributed by atoms with Crippen LogP contribution in [0.25, 0.3) is 12.0 Å². The molecule has 2 aliphatic rings. The summed E-state index contributed by atoms with van der Waals surface area (Å²) < 4.78 is 6.25. The van der Waals surface area contributed by atoms with Gasteiger partial charge in [-0.05, 0) is 53.3 Å². The first-order valence-electron chi connectivity index (χ1n) is 11.0. The second-order valence-corrected chi connectivity index (χ2v) is 9.08. The molecule has 3 heteroatoms. The predicted octanol–water partition coefficient (Wildman–Crippen LogP) is 5.30. The number of ether oxygens (including phenoxy) is 1. The number of hydrogen-bond acceptors (Lipinski definition) is 3. The van der Waals surface area contributed by atoms with Crippen molar-refractivity contribution in [1.29, 1.82) is 0 Å². The fourth-order valence-corrected chi connectivity index (χ4v) is 3.77. The van der Waals surface area contributed by atoms with Crippen LogP contribution in [0.4, 0.5) is 0 Å². The van der Waals surface area contributed by atoms with Gasteiger partial charge in [-0.25, -0.2) is 4.99 Å². The molecule has 0 saturated carbocycles. The van der Waals surface area contributed by atoms with Gasteiger partial charge in [-0.3, -0.25) is 4.99 Å². The van der Waals surface area contributed by atoms with Gasteiger partial charge in [-0.2, -0.15) is 0 Å². The Balaban J connectivity index is 1.56. The molecule has 2 aliphatic heterocycles.